The van der Waals surface area contributed by atoms with Gasteiger partial charge in [-0.1, -0.05) is 29.8 Å². The number of amidine groups is 1. The summed E-state index contributed by atoms with van der Waals surface area (Å²) in [4.78, 5) is 17.6. The molecule has 4 rings (SSSR count). The zero-order chi connectivity index (χ0) is 27.2. The van der Waals surface area contributed by atoms with E-state index in [2.05, 4.69) is 23.4 Å². The van der Waals surface area contributed by atoms with E-state index >= 15 is 0 Å². The molecule has 1 unspecified atom stereocenters. The van der Waals surface area contributed by atoms with Crippen LogP contribution in [0.15, 0.2) is 52.8 Å². The highest BCUT2D eigenvalue weighted by Crippen LogP contribution is 2.32. The summed E-state index contributed by atoms with van der Waals surface area (Å²) < 4.78 is 11.7. The van der Waals surface area contributed by atoms with Crippen LogP contribution in [0.4, 0.5) is 0 Å². The second-order valence-corrected chi connectivity index (χ2v) is 11.4. The van der Waals surface area contributed by atoms with E-state index in [9.17, 15) is 9.90 Å². The van der Waals surface area contributed by atoms with Crippen LogP contribution in [0.1, 0.15) is 61.8 Å². The van der Waals surface area contributed by atoms with Crippen molar-refractivity contribution in [3.63, 3.8) is 0 Å². The van der Waals surface area contributed by atoms with Gasteiger partial charge in [0, 0.05) is 16.9 Å². The number of aryl methyl sites for hydroxylation is 1. The quantitative estimate of drug-likeness (QED) is 0.196. The van der Waals surface area contributed by atoms with Crippen molar-refractivity contribution in [3.8, 4) is 16.2 Å². The third-order valence-electron chi connectivity index (χ3n) is 6.54. The Labute approximate surface area is 233 Å². The minimum atomic E-state index is -0.976. The molecule has 0 bridgehead atoms. The number of carboxylic acids is 1. The maximum Gasteiger partial charge on any atom is 0.333 e. The molecule has 0 saturated heterocycles. The van der Waals surface area contributed by atoms with Gasteiger partial charge in [-0.2, -0.15) is 0 Å². The lowest BCUT2D eigenvalue weighted by Gasteiger charge is -2.17. The first-order valence-electron chi connectivity index (χ1n) is 13.0. The minimum absolute atomic E-state index is 0.187. The molecular weight excluding hydrogens is 520 g/mol. The van der Waals surface area contributed by atoms with Crippen LogP contribution in [0.25, 0.3) is 10.4 Å². The van der Waals surface area contributed by atoms with Crippen LogP contribution in [0, 0.1) is 6.92 Å². The van der Waals surface area contributed by atoms with Crippen LogP contribution in [0.2, 0.25) is 5.02 Å². The summed E-state index contributed by atoms with van der Waals surface area (Å²) in [7, 11) is 0. The number of thiophene rings is 1. The molecule has 3 N–H and O–H groups in total. The highest BCUT2D eigenvalue weighted by atomic mass is 35.5. The van der Waals surface area contributed by atoms with Gasteiger partial charge in [0.2, 0.25) is 0 Å². The predicted molar refractivity (Wildman–Crippen MR) is 155 cm³/mol. The third kappa shape index (κ3) is 7.37. The van der Waals surface area contributed by atoms with Crippen molar-refractivity contribution in [2.45, 2.75) is 77.7 Å². The molecule has 0 radical (unpaired) electrons. The van der Waals surface area contributed by atoms with Crippen LogP contribution in [-0.2, 0) is 22.5 Å². The maximum atomic E-state index is 11.8. The number of carbonyl (C=O) groups is 1. The lowest BCUT2D eigenvalue weighted by Crippen LogP contribution is -2.29. The average molecular weight is 555 g/mol. The second kappa shape index (κ2) is 12.8. The van der Waals surface area contributed by atoms with Crippen LogP contribution in [0.3, 0.4) is 0 Å². The van der Waals surface area contributed by atoms with E-state index in [-0.39, 0.29) is 18.6 Å². The number of benzene rings is 2. The average Bonchev–Trinajstić information content (AvgIpc) is 3.53. The van der Waals surface area contributed by atoms with Crippen molar-refractivity contribution in [2.75, 3.05) is 0 Å². The van der Waals surface area contributed by atoms with E-state index in [4.69, 9.17) is 26.8 Å². The number of ether oxygens (including phenoxy) is 2. The first-order chi connectivity index (χ1) is 18.2. The molecule has 1 aromatic heterocycles. The molecule has 1 aliphatic rings. The standard InChI is InChI=1S/C30H35ClN2O4S/c1-18(2)36-27(30(34)35)14-20-8-10-24(28-12-19(3)17-38-28)21(13-20)16-33-29(32)25-11-9-23(15-26(25)31)37-22-6-4-5-7-22/h8-13,15,17-18,22,27H,4-7,14,16H2,1-3H3,(H2,32,33)(H,34,35). The lowest BCUT2D eigenvalue weighted by atomic mass is 9.99. The summed E-state index contributed by atoms with van der Waals surface area (Å²) in [5.41, 5.74) is 11.1. The van der Waals surface area contributed by atoms with E-state index in [1.807, 2.05) is 44.2 Å². The number of aliphatic carboxylic acids is 1. The van der Waals surface area contributed by atoms with Crippen molar-refractivity contribution in [3.05, 3.63) is 75.1 Å². The highest BCUT2D eigenvalue weighted by Gasteiger charge is 2.21. The van der Waals surface area contributed by atoms with Crippen molar-refractivity contribution < 1.29 is 19.4 Å². The van der Waals surface area contributed by atoms with Crippen molar-refractivity contribution in [2.24, 2.45) is 10.7 Å². The summed E-state index contributed by atoms with van der Waals surface area (Å²) in [6, 6.07) is 13.7. The molecule has 202 valence electrons. The van der Waals surface area contributed by atoms with Gasteiger partial charge in [0.05, 0.1) is 23.8 Å². The second-order valence-electron chi connectivity index (χ2n) is 10.1. The Morgan fingerprint density at radius 3 is 2.58 bits per heavy atom. The van der Waals surface area contributed by atoms with Gasteiger partial charge in [-0.05, 0) is 98.4 Å². The molecule has 0 spiro atoms. The molecule has 0 aliphatic heterocycles. The Morgan fingerprint density at radius 2 is 1.95 bits per heavy atom. The molecule has 0 amide bonds. The minimum Gasteiger partial charge on any atom is -0.490 e. The van der Waals surface area contributed by atoms with Crippen molar-refractivity contribution >= 4 is 34.7 Å². The van der Waals surface area contributed by atoms with Gasteiger partial charge in [-0.3, -0.25) is 4.99 Å². The molecule has 1 atom stereocenters. The SMILES string of the molecule is Cc1csc(-c2ccc(CC(OC(C)C)C(=O)O)cc2CN=C(N)c2ccc(OC3CCCC3)cc2Cl)c1. The van der Waals surface area contributed by atoms with Crippen LogP contribution < -0.4 is 10.5 Å². The first kappa shape index (κ1) is 28.1. The van der Waals surface area contributed by atoms with Crippen LogP contribution in [-0.4, -0.2) is 35.2 Å². The molecule has 3 aromatic rings. The Hall–Kier alpha value is -2.87. The number of hydrogen-bond acceptors (Lipinski definition) is 5. The monoisotopic (exact) mass is 554 g/mol. The number of aliphatic imine (C=N–C) groups is 1. The zero-order valence-corrected chi connectivity index (χ0v) is 23.6. The predicted octanol–water partition coefficient (Wildman–Crippen LogP) is 7.02. The molecule has 8 heteroatoms. The Morgan fingerprint density at radius 1 is 1.18 bits per heavy atom. The van der Waals surface area contributed by atoms with E-state index in [1.54, 1.807) is 17.4 Å². The van der Waals surface area contributed by atoms with E-state index in [0.29, 0.717) is 23.0 Å². The third-order valence-corrected chi connectivity index (χ3v) is 7.93. The van der Waals surface area contributed by atoms with E-state index in [0.717, 1.165) is 40.2 Å². The van der Waals surface area contributed by atoms with Gasteiger partial charge in [0.25, 0.3) is 0 Å². The van der Waals surface area contributed by atoms with Gasteiger partial charge >= 0.3 is 5.97 Å². The number of hydrogen-bond donors (Lipinski definition) is 2. The van der Waals surface area contributed by atoms with Gasteiger partial charge in [0.1, 0.15) is 11.6 Å². The largest absolute Gasteiger partial charge is 0.490 e. The zero-order valence-electron chi connectivity index (χ0n) is 22.1. The normalized spacial score (nSPS) is 15.2. The summed E-state index contributed by atoms with van der Waals surface area (Å²) in [6.07, 6.45) is 3.95. The molecule has 1 heterocycles. The maximum absolute atomic E-state index is 11.8. The van der Waals surface area contributed by atoms with E-state index in [1.165, 1.54) is 18.4 Å². The van der Waals surface area contributed by atoms with Crippen molar-refractivity contribution in [1.82, 2.24) is 0 Å². The fraction of sp³-hybridized carbons (Fsp3) is 0.400. The Bertz CT molecular complexity index is 1300. The molecule has 1 aliphatic carbocycles. The molecule has 1 saturated carbocycles. The topological polar surface area (TPSA) is 94.1 Å². The summed E-state index contributed by atoms with van der Waals surface area (Å²) >= 11 is 8.23. The van der Waals surface area contributed by atoms with Gasteiger partial charge in [0.15, 0.2) is 6.10 Å². The highest BCUT2D eigenvalue weighted by molar-refractivity contribution is 7.13. The number of nitrogens with two attached hydrogens (primary N) is 1. The molecule has 2 aromatic carbocycles. The van der Waals surface area contributed by atoms with Gasteiger partial charge in [-0.15, -0.1) is 11.3 Å². The summed E-state index contributed by atoms with van der Waals surface area (Å²) in [5, 5.41) is 12.2. The first-order valence-corrected chi connectivity index (χ1v) is 14.3. The number of carboxylic acid groups (broad SMARTS) is 1. The number of nitrogens with zero attached hydrogens (tertiary/aromatic N) is 1. The number of rotatable bonds is 11. The van der Waals surface area contributed by atoms with Gasteiger partial charge in [-0.25, -0.2) is 4.79 Å². The van der Waals surface area contributed by atoms with Crippen LogP contribution in [0.5, 0.6) is 5.75 Å². The fourth-order valence-electron chi connectivity index (χ4n) is 4.68. The summed E-state index contributed by atoms with van der Waals surface area (Å²) in [6.45, 7) is 6.05. The van der Waals surface area contributed by atoms with E-state index < -0.39 is 12.1 Å². The summed E-state index contributed by atoms with van der Waals surface area (Å²) in [5.74, 6) is 0.112. The molecule has 1 fully saturated rings. The van der Waals surface area contributed by atoms with Crippen molar-refractivity contribution in [1.29, 1.82) is 0 Å². The smallest absolute Gasteiger partial charge is 0.333 e. The molecular formula is C30H35ClN2O4S. The Balaban J connectivity index is 1.58. The Kier molecular flexibility index (Phi) is 9.47. The number of halogens is 1. The van der Waals surface area contributed by atoms with Crippen LogP contribution >= 0.6 is 22.9 Å². The fourth-order valence-corrected chi connectivity index (χ4v) is 5.91. The molecule has 6 nitrogen and oxygen atoms in total. The van der Waals surface area contributed by atoms with Gasteiger partial charge < -0.3 is 20.3 Å². The molecule has 38 heavy (non-hydrogen) atoms. The lowest BCUT2D eigenvalue weighted by molar-refractivity contribution is -0.153.